The first-order valence-electron chi connectivity index (χ1n) is 7.73. The minimum Gasteiger partial charge on any atom is -0.383 e. The van der Waals surface area contributed by atoms with Crippen LogP contribution in [0.15, 0.2) is 54.6 Å². The summed E-state index contributed by atoms with van der Waals surface area (Å²) < 4.78 is 0. The van der Waals surface area contributed by atoms with Crippen molar-refractivity contribution < 1.29 is 0 Å². The fourth-order valence-electron chi connectivity index (χ4n) is 2.56. The number of nitrogen functional groups attached to an aromatic ring is 1. The smallest absolute Gasteiger partial charge is 0.163 e. The normalized spacial score (nSPS) is 10.6. The van der Waals surface area contributed by atoms with Crippen molar-refractivity contribution >= 4 is 49.7 Å². The van der Waals surface area contributed by atoms with E-state index in [-0.39, 0.29) is 0 Å². The molecule has 0 aliphatic carbocycles. The maximum Gasteiger partial charge on any atom is 0.163 e. The van der Waals surface area contributed by atoms with Gasteiger partial charge in [-0.2, -0.15) is 5.26 Å². The van der Waals surface area contributed by atoms with Gasteiger partial charge in [-0.3, -0.25) is 0 Å². The third-order valence-electron chi connectivity index (χ3n) is 3.80. The molecule has 0 saturated heterocycles. The van der Waals surface area contributed by atoms with Crippen molar-refractivity contribution in [2.75, 3.05) is 11.1 Å². The molecule has 7 heteroatoms. The lowest BCUT2D eigenvalue weighted by atomic mass is 10.1. The molecule has 2 aromatic carbocycles. The number of aromatic nitrogens is 2. The van der Waals surface area contributed by atoms with E-state index in [1.54, 1.807) is 18.2 Å². The molecule has 0 bridgehead atoms. The molecule has 2 aromatic heterocycles. The van der Waals surface area contributed by atoms with Gasteiger partial charge >= 0.3 is 0 Å². The Morgan fingerprint density at radius 2 is 1.92 bits per heavy atom. The van der Waals surface area contributed by atoms with Gasteiger partial charge in [0.2, 0.25) is 0 Å². The van der Waals surface area contributed by atoms with Gasteiger partial charge in [-0.25, -0.2) is 9.97 Å². The van der Waals surface area contributed by atoms with Gasteiger partial charge in [-0.05, 0) is 30.3 Å². The molecule has 0 aliphatic heterocycles. The molecular formula is C19H12ClN5S. The summed E-state index contributed by atoms with van der Waals surface area (Å²) in [5.74, 6) is 0.897. The van der Waals surface area contributed by atoms with Crippen LogP contribution in [-0.4, -0.2) is 9.97 Å². The molecule has 5 nitrogen and oxygen atoms in total. The molecule has 126 valence electrons. The van der Waals surface area contributed by atoms with E-state index in [1.807, 2.05) is 36.4 Å². The molecule has 0 unspecified atom stereocenters. The van der Waals surface area contributed by atoms with Crippen LogP contribution in [-0.2, 0) is 0 Å². The largest absolute Gasteiger partial charge is 0.383 e. The van der Waals surface area contributed by atoms with E-state index >= 15 is 0 Å². The fraction of sp³-hybridized carbons (Fsp3) is 0. The Labute approximate surface area is 158 Å². The average molecular weight is 378 g/mol. The molecule has 0 aliphatic rings. The van der Waals surface area contributed by atoms with E-state index < -0.39 is 0 Å². The molecule has 0 saturated carbocycles. The SMILES string of the molecule is N#Cc1cccc(-c2nc(N)c3cc(Nc4ccccc4Cl)sc3n2)c1. The second kappa shape index (κ2) is 6.64. The van der Waals surface area contributed by atoms with Crippen molar-refractivity contribution in [3.8, 4) is 17.5 Å². The monoisotopic (exact) mass is 377 g/mol. The fourth-order valence-corrected chi connectivity index (χ4v) is 3.69. The van der Waals surface area contributed by atoms with Crippen molar-refractivity contribution in [1.82, 2.24) is 9.97 Å². The topological polar surface area (TPSA) is 87.6 Å². The molecule has 2 heterocycles. The molecule has 26 heavy (non-hydrogen) atoms. The van der Waals surface area contributed by atoms with Crippen LogP contribution in [0.2, 0.25) is 5.02 Å². The van der Waals surface area contributed by atoms with Gasteiger partial charge in [0.25, 0.3) is 0 Å². The van der Waals surface area contributed by atoms with Gasteiger partial charge < -0.3 is 11.1 Å². The number of nitrogens with zero attached hydrogens (tertiary/aromatic N) is 3. The molecule has 0 fully saturated rings. The van der Waals surface area contributed by atoms with Crippen LogP contribution in [0, 0.1) is 11.3 Å². The molecule has 4 rings (SSSR count). The third kappa shape index (κ3) is 3.06. The summed E-state index contributed by atoms with van der Waals surface area (Å²) in [6.07, 6.45) is 0. The van der Waals surface area contributed by atoms with E-state index in [2.05, 4.69) is 21.4 Å². The van der Waals surface area contributed by atoms with Crippen LogP contribution >= 0.6 is 22.9 Å². The Morgan fingerprint density at radius 1 is 1.08 bits per heavy atom. The Balaban J connectivity index is 1.76. The van der Waals surface area contributed by atoms with Gasteiger partial charge in [-0.1, -0.05) is 47.2 Å². The van der Waals surface area contributed by atoms with Crippen molar-refractivity contribution in [3.63, 3.8) is 0 Å². The van der Waals surface area contributed by atoms with Crippen LogP contribution in [0.3, 0.4) is 0 Å². The third-order valence-corrected chi connectivity index (χ3v) is 5.08. The van der Waals surface area contributed by atoms with Gasteiger partial charge in [0.05, 0.1) is 32.7 Å². The summed E-state index contributed by atoms with van der Waals surface area (Å²) in [7, 11) is 0. The zero-order valence-electron chi connectivity index (χ0n) is 13.4. The number of halogens is 1. The predicted molar refractivity (Wildman–Crippen MR) is 107 cm³/mol. The standard InChI is InChI=1S/C19H12ClN5S/c20-14-6-1-2-7-15(14)23-16-9-13-17(22)24-18(25-19(13)26-16)12-5-3-4-11(8-12)10-21/h1-9,23H,(H2,22,24,25). The highest BCUT2D eigenvalue weighted by molar-refractivity contribution is 7.22. The van der Waals surface area contributed by atoms with E-state index in [9.17, 15) is 0 Å². The lowest BCUT2D eigenvalue weighted by molar-refractivity contribution is 1.24. The number of hydrogen-bond donors (Lipinski definition) is 2. The molecule has 0 atom stereocenters. The van der Waals surface area contributed by atoms with E-state index in [4.69, 9.17) is 22.6 Å². The van der Waals surface area contributed by atoms with Crippen LogP contribution in [0.5, 0.6) is 0 Å². The molecule has 4 aromatic rings. The quantitative estimate of drug-likeness (QED) is 0.511. The minimum absolute atomic E-state index is 0.399. The maximum absolute atomic E-state index is 9.07. The van der Waals surface area contributed by atoms with Gasteiger partial charge in [-0.15, -0.1) is 0 Å². The molecule has 3 N–H and O–H groups in total. The average Bonchev–Trinajstić information content (AvgIpc) is 3.07. The van der Waals surface area contributed by atoms with Crippen LogP contribution in [0.25, 0.3) is 21.6 Å². The maximum atomic E-state index is 9.07. The number of anilines is 3. The number of nitriles is 1. The van der Waals surface area contributed by atoms with Crippen LogP contribution in [0.1, 0.15) is 5.56 Å². The van der Waals surface area contributed by atoms with Crippen LogP contribution < -0.4 is 11.1 Å². The summed E-state index contributed by atoms with van der Waals surface area (Å²) in [5.41, 5.74) is 8.26. The Morgan fingerprint density at radius 3 is 2.73 bits per heavy atom. The summed E-state index contributed by atoms with van der Waals surface area (Å²) >= 11 is 7.67. The van der Waals surface area contributed by atoms with Gasteiger partial charge in [0, 0.05) is 5.56 Å². The Bertz CT molecular complexity index is 1160. The second-order valence-corrected chi connectivity index (χ2v) is 7.00. The summed E-state index contributed by atoms with van der Waals surface area (Å²) in [4.78, 5) is 9.77. The zero-order chi connectivity index (χ0) is 18.1. The first kappa shape index (κ1) is 16.3. The van der Waals surface area contributed by atoms with Crippen molar-refractivity contribution in [2.45, 2.75) is 0 Å². The molecule has 0 radical (unpaired) electrons. The van der Waals surface area contributed by atoms with Gasteiger partial charge in [0.15, 0.2) is 5.82 Å². The number of fused-ring (bicyclic) bond motifs is 1. The molecular weight excluding hydrogens is 366 g/mol. The highest BCUT2D eigenvalue weighted by atomic mass is 35.5. The molecule has 0 spiro atoms. The summed E-state index contributed by atoms with van der Waals surface area (Å²) in [5, 5.41) is 14.6. The summed E-state index contributed by atoms with van der Waals surface area (Å²) in [6.45, 7) is 0. The van der Waals surface area contributed by atoms with Crippen molar-refractivity contribution in [2.24, 2.45) is 0 Å². The first-order chi connectivity index (χ1) is 12.6. The van der Waals surface area contributed by atoms with E-state index in [1.165, 1.54) is 11.3 Å². The van der Waals surface area contributed by atoms with Crippen LogP contribution in [0.4, 0.5) is 16.5 Å². The van der Waals surface area contributed by atoms with E-state index in [0.717, 1.165) is 26.5 Å². The highest BCUT2D eigenvalue weighted by Gasteiger charge is 2.12. The highest BCUT2D eigenvalue weighted by Crippen LogP contribution is 2.36. The lowest BCUT2D eigenvalue weighted by Crippen LogP contribution is -1.96. The number of thiophene rings is 1. The zero-order valence-corrected chi connectivity index (χ0v) is 15.0. The minimum atomic E-state index is 0.399. The second-order valence-electron chi connectivity index (χ2n) is 5.56. The molecule has 0 amide bonds. The van der Waals surface area contributed by atoms with E-state index in [0.29, 0.717) is 22.2 Å². The number of nitrogens with one attached hydrogen (secondary N) is 1. The number of nitrogens with two attached hydrogens (primary N) is 1. The number of hydrogen-bond acceptors (Lipinski definition) is 6. The first-order valence-corrected chi connectivity index (χ1v) is 8.92. The Hall–Kier alpha value is -3.14. The number of rotatable bonds is 3. The van der Waals surface area contributed by atoms with Crippen molar-refractivity contribution in [1.29, 1.82) is 5.26 Å². The number of benzene rings is 2. The summed E-state index contributed by atoms with van der Waals surface area (Å²) in [6, 6.07) is 18.7. The lowest BCUT2D eigenvalue weighted by Gasteiger charge is -2.04. The van der Waals surface area contributed by atoms with Crippen molar-refractivity contribution in [3.05, 3.63) is 65.2 Å². The van der Waals surface area contributed by atoms with Gasteiger partial charge in [0.1, 0.15) is 10.6 Å². The predicted octanol–water partition coefficient (Wildman–Crippen LogP) is 5.21. The Kier molecular flexibility index (Phi) is 4.17. The number of para-hydroxylation sites is 1.